The highest BCUT2D eigenvalue weighted by molar-refractivity contribution is 6.04. The Hall–Kier alpha value is -5.69. The third kappa shape index (κ3) is 4.59. The summed E-state index contributed by atoms with van der Waals surface area (Å²) in [7, 11) is 0. The Bertz CT molecular complexity index is 2210. The van der Waals surface area contributed by atoms with Crippen LogP contribution in [0.25, 0.3) is 22.1 Å². The molecule has 7 rings (SSSR count). The molecular formula is C34H30N8O2. The second-order valence-electron chi connectivity index (χ2n) is 11.9. The summed E-state index contributed by atoms with van der Waals surface area (Å²) >= 11 is 0. The van der Waals surface area contributed by atoms with E-state index in [0.717, 1.165) is 29.6 Å². The van der Waals surface area contributed by atoms with E-state index in [0.29, 0.717) is 28.0 Å². The third-order valence-corrected chi connectivity index (χ3v) is 8.03. The largest absolute Gasteiger partial charge is 0.381 e. The van der Waals surface area contributed by atoms with Crippen LogP contribution in [-0.2, 0) is 13.0 Å². The molecule has 0 fully saturated rings. The van der Waals surface area contributed by atoms with Gasteiger partial charge in [0, 0.05) is 35.9 Å². The minimum absolute atomic E-state index is 0.0724. The van der Waals surface area contributed by atoms with Crippen LogP contribution in [0.3, 0.4) is 0 Å². The molecule has 218 valence electrons. The van der Waals surface area contributed by atoms with Crippen molar-refractivity contribution in [2.24, 2.45) is 5.41 Å². The highest BCUT2D eigenvalue weighted by Gasteiger charge is 2.31. The van der Waals surface area contributed by atoms with Gasteiger partial charge >= 0.3 is 0 Å². The summed E-state index contributed by atoms with van der Waals surface area (Å²) in [4.78, 5) is 32.2. The molecule has 4 aromatic heterocycles. The lowest BCUT2D eigenvalue weighted by atomic mass is 9.90. The maximum absolute atomic E-state index is 14.4. The monoisotopic (exact) mass is 582 g/mol. The van der Waals surface area contributed by atoms with Gasteiger partial charge < -0.3 is 11.1 Å². The molecule has 0 radical (unpaired) electrons. The molecule has 3 N–H and O–H groups in total. The SMILES string of the molecule is C[C@H](NC(=O)c1c(N)nn2cccnc12)c1cc2cccc(C#Cc3cnn4c3CC(C)(C)C4)c2c(=O)n1-c1ccccc1. The molecule has 0 saturated heterocycles. The van der Waals surface area contributed by atoms with Crippen molar-refractivity contribution in [2.45, 2.75) is 39.8 Å². The molecule has 44 heavy (non-hydrogen) atoms. The van der Waals surface area contributed by atoms with Crippen molar-refractivity contribution in [3.05, 3.63) is 118 Å². The van der Waals surface area contributed by atoms with Crippen LogP contribution in [-0.4, -0.2) is 34.9 Å². The van der Waals surface area contributed by atoms with E-state index < -0.39 is 11.9 Å². The molecule has 10 nitrogen and oxygen atoms in total. The number of anilines is 1. The van der Waals surface area contributed by atoms with Crippen LogP contribution in [0.1, 0.15) is 59.7 Å². The second kappa shape index (κ2) is 10.2. The summed E-state index contributed by atoms with van der Waals surface area (Å²) in [5, 5.41) is 13.0. The van der Waals surface area contributed by atoms with Crippen LogP contribution in [0, 0.1) is 17.3 Å². The molecule has 0 aliphatic carbocycles. The fourth-order valence-corrected chi connectivity index (χ4v) is 6.00. The van der Waals surface area contributed by atoms with Gasteiger partial charge in [-0.25, -0.2) is 9.50 Å². The summed E-state index contributed by atoms with van der Waals surface area (Å²) in [6.07, 6.45) is 5.96. The maximum atomic E-state index is 14.4. The first kappa shape index (κ1) is 27.2. The predicted octanol–water partition coefficient (Wildman–Crippen LogP) is 4.29. The van der Waals surface area contributed by atoms with Crippen LogP contribution in [0.5, 0.6) is 0 Å². The number of nitrogen functional groups attached to an aromatic ring is 1. The zero-order valence-electron chi connectivity index (χ0n) is 24.6. The van der Waals surface area contributed by atoms with Crippen molar-refractivity contribution in [1.82, 2.24) is 34.3 Å². The van der Waals surface area contributed by atoms with E-state index >= 15 is 0 Å². The van der Waals surface area contributed by atoms with Crippen molar-refractivity contribution in [3.8, 4) is 17.5 Å². The standard InChI is InChI=1S/C34H30N8O2/c1-21(38-32(43)29-30(35)39-40-16-8-15-36-31(29)40)26-17-23-10-7-9-22(28(23)33(44)42(26)25-11-5-4-6-12-25)13-14-24-19-37-41-20-34(2,3)18-27(24)41/h4-12,15-17,19,21H,18,20H2,1-3H3,(H2,35,39)(H,38,43)/t21-/m0/s1. The molecule has 1 aliphatic rings. The maximum Gasteiger partial charge on any atom is 0.264 e. The molecule has 1 aliphatic heterocycles. The first-order chi connectivity index (χ1) is 21.2. The third-order valence-electron chi connectivity index (χ3n) is 8.03. The smallest absolute Gasteiger partial charge is 0.264 e. The van der Waals surface area contributed by atoms with E-state index in [1.165, 1.54) is 4.52 Å². The summed E-state index contributed by atoms with van der Waals surface area (Å²) in [6, 6.07) is 18.1. The number of pyridine rings is 1. The second-order valence-corrected chi connectivity index (χ2v) is 11.9. The zero-order valence-corrected chi connectivity index (χ0v) is 24.6. The van der Waals surface area contributed by atoms with Gasteiger partial charge in [-0.15, -0.1) is 5.10 Å². The van der Waals surface area contributed by atoms with Crippen molar-refractivity contribution in [3.63, 3.8) is 0 Å². The summed E-state index contributed by atoms with van der Waals surface area (Å²) in [5.41, 5.74) is 10.5. The number of hydrogen-bond acceptors (Lipinski definition) is 6. The number of fused-ring (bicyclic) bond motifs is 3. The molecule has 0 unspecified atom stereocenters. The number of para-hydroxylation sites is 1. The average Bonchev–Trinajstić information content (AvgIpc) is 3.64. The van der Waals surface area contributed by atoms with E-state index in [1.807, 2.05) is 66.2 Å². The minimum atomic E-state index is -0.578. The van der Waals surface area contributed by atoms with Gasteiger partial charge in [-0.3, -0.25) is 18.8 Å². The van der Waals surface area contributed by atoms with Crippen molar-refractivity contribution >= 4 is 28.1 Å². The quantitative estimate of drug-likeness (QED) is 0.299. The minimum Gasteiger partial charge on any atom is -0.381 e. The van der Waals surface area contributed by atoms with Gasteiger partial charge in [0.05, 0.1) is 28.9 Å². The van der Waals surface area contributed by atoms with Gasteiger partial charge in [0.1, 0.15) is 5.56 Å². The number of rotatable bonds is 4. The fraction of sp³-hybridized carbons (Fsp3) is 0.206. The van der Waals surface area contributed by atoms with E-state index in [-0.39, 0.29) is 22.4 Å². The summed E-state index contributed by atoms with van der Waals surface area (Å²) in [5.74, 6) is 6.20. The molecule has 0 bridgehead atoms. The number of nitrogens with zero attached hydrogens (tertiary/aromatic N) is 6. The molecule has 0 spiro atoms. The number of benzene rings is 2. The van der Waals surface area contributed by atoms with E-state index in [1.54, 1.807) is 29.2 Å². The Kier molecular flexibility index (Phi) is 6.32. The highest BCUT2D eigenvalue weighted by Crippen LogP contribution is 2.32. The Morgan fingerprint density at radius 2 is 1.86 bits per heavy atom. The molecule has 6 aromatic rings. The number of carbonyl (C=O) groups is 1. The molecule has 5 heterocycles. The van der Waals surface area contributed by atoms with Crippen LogP contribution in [0.2, 0.25) is 0 Å². The molecule has 1 amide bonds. The van der Waals surface area contributed by atoms with Crippen LogP contribution < -0.4 is 16.6 Å². The van der Waals surface area contributed by atoms with Crippen LogP contribution in [0.4, 0.5) is 5.82 Å². The Balaban J connectivity index is 1.33. The average molecular weight is 583 g/mol. The van der Waals surface area contributed by atoms with Crippen molar-refractivity contribution in [1.29, 1.82) is 0 Å². The van der Waals surface area contributed by atoms with E-state index in [2.05, 4.69) is 46.2 Å². The fourth-order valence-electron chi connectivity index (χ4n) is 6.00. The first-order valence-electron chi connectivity index (χ1n) is 14.4. The van der Waals surface area contributed by atoms with Gasteiger partial charge in [0.15, 0.2) is 11.5 Å². The van der Waals surface area contributed by atoms with Gasteiger partial charge in [-0.1, -0.05) is 56.0 Å². The Labute approximate surface area is 253 Å². The topological polar surface area (TPSA) is 125 Å². The van der Waals surface area contributed by atoms with E-state index in [9.17, 15) is 9.59 Å². The lowest BCUT2D eigenvalue weighted by Gasteiger charge is -2.21. The van der Waals surface area contributed by atoms with Gasteiger partial charge in [-0.05, 0) is 54.5 Å². The Morgan fingerprint density at radius 1 is 1.07 bits per heavy atom. The van der Waals surface area contributed by atoms with Crippen LogP contribution in [0.15, 0.2) is 84.0 Å². The van der Waals surface area contributed by atoms with Crippen LogP contribution >= 0.6 is 0 Å². The normalized spacial score (nSPS) is 14.2. The molecule has 0 saturated carbocycles. The number of carbonyl (C=O) groups excluding carboxylic acids is 1. The van der Waals surface area contributed by atoms with E-state index in [4.69, 9.17) is 5.73 Å². The number of nitrogens with two attached hydrogens (primary N) is 1. The number of hydrogen-bond donors (Lipinski definition) is 2. The predicted molar refractivity (Wildman–Crippen MR) is 169 cm³/mol. The van der Waals surface area contributed by atoms with Crippen molar-refractivity contribution in [2.75, 3.05) is 5.73 Å². The van der Waals surface area contributed by atoms with Gasteiger partial charge in [-0.2, -0.15) is 5.10 Å². The first-order valence-corrected chi connectivity index (χ1v) is 14.4. The molecule has 2 aromatic carbocycles. The lowest BCUT2D eigenvalue weighted by molar-refractivity contribution is 0.0941. The lowest BCUT2D eigenvalue weighted by Crippen LogP contribution is -2.32. The molecular weight excluding hydrogens is 552 g/mol. The number of aromatic nitrogens is 6. The van der Waals surface area contributed by atoms with Gasteiger partial charge in [0.2, 0.25) is 0 Å². The molecule has 1 atom stereocenters. The van der Waals surface area contributed by atoms with Gasteiger partial charge in [0.25, 0.3) is 11.5 Å². The van der Waals surface area contributed by atoms with Crippen molar-refractivity contribution < 1.29 is 4.79 Å². The summed E-state index contributed by atoms with van der Waals surface area (Å²) in [6.45, 7) is 7.14. The zero-order chi connectivity index (χ0) is 30.6. The molecule has 10 heteroatoms. The highest BCUT2D eigenvalue weighted by atomic mass is 16.2. The Morgan fingerprint density at radius 3 is 2.68 bits per heavy atom. The summed E-state index contributed by atoms with van der Waals surface area (Å²) < 4.78 is 5.12. The number of nitrogens with one attached hydrogen (secondary N) is 1. The number of amides is 1.